The van der Waals surface area contributed by atoms with Gasteiger partial charge in [-0.3, -0.25) is 0 Å². The van der Waals surface area contributed by atoms with Gasteiger partial charge in [0.25, 0.3) is 0 Å². The lowest BCUT2D eigenvalue weighted by atomic mass is 10.3. The summed E-state index contributed by atoms with van der Waals surface area (Å²) in [5.74, 6) is 0.695. The average molecular weight is 215 g/mol. The summed E-state index contributed by atoms with van der Waals surface area (Å²) in [6.07, 6.45) is -0.525. The van der Waals surface area contributed by atoms with Gasteiger partial charge < -0.3 is 14.2 Å². The van der Waals surface area contributed by atoms with Crippen molar-refractivity contribution in [2.75, 3.05) is 6.61 Å². The largest absolute Gasteiger partial charge is 0.462 e. The first-order valence-electron chi connectivity index (χ1n) is 4.43. The Hall–Kier alpha value is -0.770. The van der Waals surface area contributed by atoms with Crippen LogP contribution in [0.5, 0.6) is 5.75 Å². The van der Waals surface area contributed by atoms with Crippen molar-refractivity contribution in [2.24, 2.45) is 0 Å². The van der Waals surface area contributed by atoms with Crippen molar-refractivity contribution >= 4 is 11.6 Å². The van der Waals surface area contributed by atoms with Gasteiger partial charge in [0.05, 0.1) is 0 Å². The molecular weight excluding hydrogens is 204 g/mol. The number of halogens is 1. The molecule has 2 unspecified atom stereocenters. The van der Waals surface area contributed by atoms with Crippen molar-refractivity contribution < 1.29 is 14.2 Å². The van der Waals surface area contributed by atoms with E-state index in [2.05, 4.69) is 0 Å². The van der Waals surface area contributed by atoms with Crippen molar-refractivity contribution in [3.63, 3.8) is 0 Å². The van der Waals surface area contributed by atoms with Crippen molar-refractivity contribution in [1.29, 1.82) is 0 Å². The van der Waals surface area contributed by atoms with Gasteiger partial charge in [0, 0.05) is 5.02 Å². The number of rotatable bonds is 2. The zero-order valence-electron chi connectivity index (χ0n) is 7.77. The molecule has 0 aliphatic carbocycles. The third-order valence-electron chi connectivity index (χ3n) is 1.87. The number of hydrogen-bond acceptors (Lipinski definition) is 3. The highest BCUT2D eigenvalue weighted by Crippen LogP contribution is 2.21. The molecule has 1 aliphatic heterocycles. The quantitative estimate of drug-likeness (QED) is 0.757. The van der Waals surface area contributed by atoms with Crippen LogP contribution in [0, 0.1) is 0 Å². The minimum Gasteiger partial charge on any atom is -0.462 e. The monoisotopic (exact) mass is 214 g/mol. The zero-order valence-corrected chi connectivity index (χ0v) is 8.53. The Labute approximate surface area is 87.5 Å². The predicted molar refractivity (Wildman–Crippen MR) is 52.4 cm³/mol. The molecule has 0 aromatic heterocycles. The first-order valence-corrected chi connectivity index (χ1v) is 4.81. The summed E-state index contributed by atoms with van der Waals surface area (Å²) in [4.78, 5) is 0. The normalized spacial score (nSPS) is 26.4. The molecule has 0 N–H and O–H groups in total. The van der Waals surface area contributed by atoms with E-state index in [1.807, 2.05) is 19.1 Å². The van der Waals surface area contributed by atoms with Gasteiger partial charge >= 0.3 is 0 Å². The Morgan fingerprint density at radius 2 is 2.36 bits per heavy atom. The van der Waals surface area contributed by atoms with E-state index in [0.29, 0.717) is 17.4 Å². The van der Waals surface area contributed by atoms with Gasteiger partial charge in [-0.2, -0.15) is 0 Å². The van der Waals surface area contributed by atoms with Gasteiger partial charge in [-0.1, -0.05) is 17.7 Å². The van der Waals surface area contributed by atoms with Gasteiger partial charge in [0.1, 0.15) is 12.4 Å². The van der Waals surface area contributed by atoms with Crippen LogP contribution in [0.1, 0.15) is 6.92 Å². The molecule has 3 nitrogen and oxygen atoms in total. The third kappa shape index (κ3) is 2.38. The smallest absolute Gasteiger partial charge is 0.225 e. The van der Waals surface area contributed by atoms with Gasteiger partial charge in [0.2, 0.25) is 6.29 Å². The van der Waals surface area contributed by atoms with Crippen molar-refractivity contribution in [3.8, 4) is 5.75 Å². The Balaban J connectivity index is 1.97. The Bertz CT molecular complexity index is 316. The van der Waals surface area contributed by atoms with E-state index in [9.17, 15) is 0 Å². The van der Waals surface area contributed by atoms with E-state index >= 15 is 0 Å². The van der Waals surface area contributed by atoms with Crippen LogP contribution in [0.15, 0.2) is 24.3 Å². The summed E-state index contributed by atoms with van der Waals surface area (Å²) in [7, 11) is 0. The van der Waals surface area contributed by atoms with Crippen LogP contribution in [0.25, 0.3) is 0 Å². The second-order valence-corrected chi connectivity index (χ2v) is 3.48. The molecule has 1 aliphatic rings. The van der Waals surface area contributed by atoms with Gasteiger partial charge in [-0.05, 0) is 25.1 Å². The SMILES string of the molecule is CC1OCC(Oc2cccc(Cl)c2)O1. The maximum absolute atomic E-state index is 5.81. The molecule has 0 bridgehead atoms. The van der Waals surface area contributed by atoms with Crippen LogP contribution in [0.3, 0.4) is 0 Å². The molecule has 14 heavy (non-hydrogen) atoms. The lowest BCUT2D eigenvalue weighted by Crippen LogP contribution is -2.18. The fourth-order valence-corrected chi connectivity index (χ4v) is 1.44. The standard InChI is InChI=1S/C10H11ClO3/c1-7-12-6-10(13-7)14-9-4-2-3-8(11)5-9/h2-5,7,10H,6H2,1H3. The van der Waals surface area contributed by atoms with E-state index in [4.69, 9.17) is 25.8 Å². The summed E-state index contributed by atoms with van der Waals surface area (Å²) < 4.78 is 16.0. The highest BCUT2D eigenvalue weighted by molar-refractivity contribution is 6.30. The molecule has 76 valence electrons. The van der Waals surface area contributed by atoms with Crippen molar-refractivity contribution in [1.82, 2.24) is 0 Å². The minimum absolute atomic E-state index is 0.195. The molecule has 2 atom stereocenters. The molecule has 0 radical (unpaired) electrons. The maximum atomic E-state index is 5.81. The van der Waals surface area contributed by atoms with E-state index in [0.717, 1.165) is 0 Å². The first-order chi connectivity index (χ1) is 6.74. The molecular formula is C10H11ClO3. The van der Waals surface area contributed by atoms with Crippen LogP contribution in [0.4, 0.5) is 0 Å². The summed E-state index contributed by atoms with van der Waals surface area (Å²) >= 11 is 5.81. The van der Waals surface area contributed by atoms with Crippen LogP contribution in [-0.4, -0.2) is 19.2 Å². The molecule has 1 aromatic carbocycles. The van der Waals surface area contributed by atoms with Crippen molar-refractivity contribution in [2.45, 2.75) is 19.5 Å². The van der Waals surface area contributed by atoms with Crippen LogP contribution in [-0.2, 0) is 9.47 Å². The van der Waals surface area contributed by atoms with Gasteiger partial charge in [-0.25, -0.2) is 0 Å². The lowest BCUT2D eigenvalue weighted by molar-refractivity contribution is -0.0926. The topological polar surface area (TPSA) is 27.7 Å². The minimum atomic E-state index is -0.330. The molecule has 0 saturated carbocycles. The van der Waals surface area contributed by atoms with E-state index in [1.165, 1.54) is 0 Å². The summed E-state index contributed by atoms with van der Waals surface area (Å²) in [5, 5.41) is 0.648. The zero-order chi connectivity index (χ0) is 9.97. The summed E-state index contributed by atoms with van der Waals surface area (Å²) in [5.41, 5.74) is 0. The van der Waals surface area contributed by atoms with Crippen LogP contribution >= 0.6 is 11.6 Å². The predicted octanol–water partition coefficient (Wildman–Crippen LogP) is 2.44. The fourth-order valence-electron chi connectivity index (χ4n) is 1.26. The fraction of sp³-hybridized carbons (Fsp3) is 0.400. The molecule has 1 heterocycles. The highest BCUT2D eigenvalue weighted by atomic mass is 35.5. The molecule has 1 saturated heterocycles. The molecule has 4 heteroatoms. The molecule has 0 amide bonds. The van der Waals surface area contributed by atoms with E-state index in [1.54, 1.807) is 12.1 Å². The second kappa shape index (κ2) is 4.17. The molecule has 1 aromatic rings. The molecule has 2 rings (SSSR count). The number of benzene rings is 1. The maximum Gasteiger partial charge on any atom is 0.225 e. The van der Waals surface area contributed by atoms with Gasteiger partial charge in [-0.15, -0.1) is 0 Å². The molecule has 1 fully saturated rings. The average Bonchev–Trinajstić information content (AvgIpc) is 2.51. The third-order valence-corrected chi connectivity index (χ3v) is 2.11. The highest BCUT2D eigenvalue weighted by Gasteiger charge is 2.23. The Morgan fingerprint density at radius 1 is 1.50 bits per heavy atom. The Kier molecular flexibility index (Phi) is 2.91. The lowest BCUT2D eigenvalue weighted by Gasteiger charge is -2.11. The van der Waals surface area contributed by atoms with E-state index < -0.39 is 0 Å². The Morgan fingerprint density at radius 3 is 3.00 bits per heavy atom. The van der Waals surface area contributed by atoms with Gasteiger partial charge in [0.15, 0.2) is 6.29 Å². The first kappa shape index (κ1) is 9.77. The second-order valence-electron chi connectivity index (χ2n) is 3.04. The van der Waals surface area contributed by atoms with Crippen LogP contribution in [0.2, 0.25) is 5.02 Å². The summed E-state index contributed by atoms with van der Waals surface area (Å²) in [6.45, 7) is 2.29. The van der Waals surface area contributed by atoms with E-state index in [-0.39, 0.29) is 12.6 Å². The van der Waals surface area contributed by atoms with Crippen LogP contribution < -0.4 is 4.74 Å². The van der Waals surface area contributed by atoms with Crippen molar-refractivity contribution in [3.05, 3.63) is 29.3 Å². The number of ether oxygens (including phenoxy) is 3. The summed E-state index contributed by atoms with van der Waals surface area (Å²) in [6, 6.07) is 7.20. The number of hydrogen-bond donors (Lipinski definition) is 0. The molecule has 0 spiro atoms.